The maximum absolute atomic E-state index is 12.1. The molecule has 4 heteroatoms. The molecule has 0 fully saturated rings. The molecule has 0 aliphatic carbocycles. The first kappa shape index (κ1) is 22.7. The van der Waals surface area contributed by atoms with E-state index in [9.17, 15) is 9.59 Å². The molecule has 0 heterocycles. The van der Waals surface area contributed by atoms with E-state index in [0.717, 1.165) is 38.5 Å². The quantitative estimate of drug-likeness (QED) is 0.243. The Labute approximate surface area is 148 Å². The van der Waals surface area contributed by atoms with E-state index in [2.05, 4.69) is 13.8 Å². The third-order valence-corrected chi connectivity index (χ3v) is 4.29. The Morgan fingerprint density at radius 2 is 0.917 bits per heavy atom. The predicted octanol–water partition coefficient (Wildman–Crippen LogP) is 5.35. The minimum Gasteiger partial charge on any atom is -0.466 e. The summed E-state index contributed by atoms with van der Waals surface area (Å²) in [4.78, 5) is 24.3. The summed E-state index contributed by atoms with van der Waals surface area (Å²) >= 11 is 0. The van der Waals surface area contributed by atoms with Crippen molar-refractivity contribution in [3.63, 3.8) is 0 Å². The van der Waals surface area contributed by atoms with Crippen LogP contribution in [0.3, 0.4) is 0 Å². The van der Waals surface area contributed by atoms with Crippen LogP contribution in [0.15, 0.2) is 11.1 Å². The van der Waals surface area contributed by atoms with Gasteiger partial charge >= 0.3 is 11.9 Å². The van der Waals surface area contributed by atoms with E-state index in [-0.39, 0.29) is 5.97 Å². The van der Waals surface area contributed by atoms with E-state index in [1.165, 1.54) is 39.9 Å². The molecular formula is C20H36O4. The van der Waals surface area contributed by atoms with Crippen LogP contribution in [-0.2, 0) is 19.1 Å². The zero-order chi connectivity index (χ0) is 18.2. The van der Waals surface area contributed by atoms with Gasteiger partial charge in [-0.3, -0.25) is 0 Å². The lowest BCUT2D eigenvalue weighted by Crippen LogP contribution is -2.15. The normalized spacial score (nSPS) is 11.8. The van der Waals surface area contributed by atoms with E-state index in [1.54, 1.807) is 0 Å². The maximum Gasteiger partial charge on any atom is 0.334 e. The van der Waals surface area contributed by atoms with Gasteiger partial charge in [-0.25, -0.2) is 9.59 Å². The van der Waals surface area contributed by atoms with E-state index in [1.807, 2.05) is 0 Å². The third kappa shape index (κ3) is 9.74. The van der Waals surface area contributed by atoms with Crippen LogP contribution in [0, 0.1) is 0 Å². The first-order valence-electron chi connectivity index (χ1n) is 9.50. The standard InChI is InChI=1S/C20H36O4/c1-5-7-9-11-12-14-16-18(20(22)24-4)17(19(21)23-3)15-13-10-8-6-2/h5-16H2,1-4H3/b18-17-. The zero-order valence-electron chi connectivity index (χ0n) is 16.1. The molecule has 0 atom stereocenters. The van der Waals surface area contributed by atoms with Gasteiger partial charge in [-0.15, -0.1) is 0 Å². The van der Waals surface area contributed by atoms with Gasteiger partial charge in [-0.05, 0) is 25.7 Å². The van der Waals surface area contributed by atoms with Gasteiger partial charge < -0.3 is 9.47 Å². The average Bonchev–Trinajstić information content (AvgIpc) is 2.61. The number of hydrogen-bond donors (Lipinski definition) is 0. The van der Waals surface area contributed by atoms with Crippen molar-refractivity contribution in [3.8, 4) is 0 Å². The van der Waals surface area contributed by atoms with Crippen LogP contribution in [-0.4, -0.2) is 26.2 Å². The predicted molar refractivity (Wildman–Crippen MR) is 97.8 cm³/mol. The largest absolute Gasteiger partial charge is 0.466 e. The molecule has 0 aromatic rings. The fourth-order valence-electron chi connectivity index (χ4n) is 2.81. The number of esters is 2. The summed E-state index contributed by atoms with van der Waals surface area (Å²) < 4.78 is 9.81. The van der Waals surface area contributed by atoms with Crippen LogP contribution >= 0.6 is 0 Å². The second kappa shape index (κ2) is 15.2. The highest BCUT2D eigenvalue weighted by Crippen LogP contribution is 2.22. The van der Waals surface area contributed by atoms with Crippen LogP contribution in [0.2, 0.25) is 0 Å². The molecule has 0 bridgehead atoms. The van der Waals surface area contributed by atoms with Crippen molar-refractivity contribution in [2.75, 3.05) is 14.2 Å². The van der Waals surface area contributed by atoms with Crippen molar-refractivity contribution in [3.05, 3.63) is 11.1 Å². The lowest BCUT2D eigenvalue weighted by atomic mass is 9.96. The first-order chi connectivity index (χ1) is 11.6. The summed E-state index contributed by atoms with van der Waals surface area (Å²) in [6.07, 6.45) is 12.3. The minimum absolute atomic E-state index is 0.389. The Hall–Kier alpha value is -1.32. The SMILES string of the molecule is CCCCCCCC/C(C(=O)OC)=C(\CCCCCC)C(=O)OC. The van der Waals surface area contributed by atoms with Crippen molar-refractivity contribution in [1.29, 1.82) is 0 Å². The monoisotopic (exact) mass is 340 g/mol. The molecule has 0 saturated carbocycles. The van der Waals surface area contributed by atoms with Gasteiger partial charge in [-0.1, -0.05) is 65.2 Å². The summed E-state index contributed by atoms with van der Waals surface area (Å²) in [5.74, 6) is -0.780. The number of ether oxygens (including phenoxy) is 2. The average molecular weight is 341 g/mol. The first-order valence-corrected chi connectivity index (χ1v) is 9.50. The molecule has 0 aliphatic heterocycles. The highest BCUT2D eigenvalue weighted by atomic mass is 16.5. The Morgan fingerprint density at radius 1 is 0.583 bits per heavy atom. The number of carbonyl (C=O) groups excluding carboxylic acids is 2. The lowest BCUT2D eigenvalue weighted by Gasteiger charge is -2.13. The molecule has 140 valence electrons. The second-order valence-electron chi connectivity index (χ2n) is 6.27. The number of unbranched alkanes of at least 4 members (excludes halogenated alkanes) is 8. The highest BCUT2D eigenvalue weighted by molar-refractivity contribution is 6.00. The fraction of sp³-hybridized carbons (Fsp3) is 0.800. The molecule has 0 amide bonds. The smallest absolute Gasteiger partial charge is 0.334 e. The Balaban J connectivity index is 4.86. The summed E-state index contributed by atoms with van der Waals surface area (Å²) in [5.41, 5.74) is 1.02. The Morgan fingerprint density at radius 3 is 1.29 bits per heavy atom. The van der Waals surface area contributed by atoms with E-state index < -0.39 is 5.97 Å². The van der Waals surface area contributed by atoms with Crippen molar-refractivity contribution < 1.29 is 19.1 Å². The van der Waals surface area contributed by atoms with Gasteiger partial charge in [0.15, 0.2) is 0 Å². The van der Waals surface area contributed by atoms with Gasteiger partial charge in [0.2, 0.25) is 0 Å². The molecule has 0 N–H and O–H groups in total. The van der Waals surface area contributed by atoms with Gasteiger partial charge in [0, 0.05) is 11.1 Å². The number of hydrogen-bond acceptors (Lipinski definition) is 4. The van der Waals surface area contributed by atoms with Crippen molar-refractivity contribution in [2.45, 2.75) is 90.9 Å². The molecule has 0 rings (SSSR count). The molecule has 4 nitrogen and oxygen atoms in total. The summed E-state index contributed by atoms with van der Waals surface area (Å²) in [6, 6.07) is 0. The molecule has 0 radical (unpaired) electrons. The van der Waals surface area contributed by atoms with Crippen molar-refractivity contribution in [2.24, 2.45) is 0 Å². The van der Waals surface area contributed by atoms with Gasteiger partial charge in [0.05, 0.1) is 14.2 Å². The van der Waals surface area contributed by atoms with E-state index in [4.69, 9.17) is 9.47 Å². The third-order valence-electron chi connectivity index (χ3n) is 4.29. The molecular weight excluding hydrogens is 304 g/mol. The number of methoxy groups -OCH3 is 2. The van der Waals surface area contributed by atoms with Crippen LogP contribution < -0.4 is 0 Å². The molecule has 0 aliphatic rings. The van der Waals surface area contributed by atoms with E-state index >= 15 is 0 Å². The van der Waals surface area contributed by atoms with Gasteiger partial charge in [-0.2, -0.15) is 0 Å². The lowest BCUT2D eigenvalue weighted by molar-refractivity contribution is -0.139. The minimum atomic E-state index is -0.391. The van der Waals surface area contributed by atoms with Crippen LogP contribution in [0.4, 0.5) is 0 Å². The summed E-state index contributed by atoms with van der Waals surface area (Å²) in [7, 11) is 2.74. The fourth-order valence-corrected chi connectivity index (χ4v) is 2.81. The van der Waals surface area contributed by atoms with Gasteiger partial charge in [0.25, 0.3) is 0 Å². The van der Waals surface area contributed by atoms with E-state index in [0.29, 0.717) is 24.0 Å². The topological polar surface area (TPSA) is 52.6 Å². The van der Waals surface area contributed by atoms with Crippen LogP contribution in [0.25, 0.3) is 0 Å². The van der Waals surface area contributed by atoms with Crippen LogP contribution in [0.5, 0.6) is 0 Å². The molecule has 24 heavy (non-hydrogen) atoms. The summed E-state index contributed by atoms with van der Waals surface area (Å²) in [5, 5.41) is 0. The molecule has 0 aromatic carbocycles. The Kier molecular flexibility index (Phi) is 14.4. The Bertz CT molecular complexity index is 385. The second-order valence-corrected chi connectivity index (χ2v) is 6.27. The summed E-state index contributed by atoms with van der Waals surface area (Å²) in [6.45, 7) is 4.34. The molecule has 0 unspecified atom stereocenters. The highest BCUT2D eigenvalue weighted by Gasteiger charge is 2.21. The molecule has 0 aromatic heterocycles. The van der Waals surface area contributed by atoms with Crippen LogP contribution in [0.1, 0.15) is 90.9 Å². The number of carbonyl (C=O) groups is 2. The zero-order valence-corrected chi connectivity index (χ0v) is 16.1. The molecule has 0 saturated heterocycles. The number of rotatable bonds is 14. The maximum atomic E-state index is 12.1. The van der Waals surface area contributed by atoms with Crippen molar-refractivity contribution >= 4 is 11.9 Å². The van der Waals surface area contributed by atoms with Gasteiger partial charge in [0.1, 0.15) is 0 Å². The molecule has 0 spiro atoms. The van der Waals surface area contributed by atoms with Crippen molar-refractivity contribution in [1.82, 2.24) is 0 Å².